The molecule has 0 unspecified atom stereocenters. The number of nitrogens with zero attached hydrogens (tertiary/aromatic N) is 6. The van der Waals surface area contributed by atoms with Crippen molar-refractivity contribution in [3.63, 3.8) is 0 Å². The molecule has 0 saturated carbocycles. The maximum Gasteiger partial charge on any atom is 2.00 e. The predicted molar refractivity (Wildman–Crippen MR) is 239 cm³/mol. The van der Waals surface area contributed by atoms with E-state index in [-0.39, 0.29) is 26.5 Å². The topological polar surface area (TPSA) is 54.2 Å². The number of fused-ring (bicyclic) bond motifs is 11. The standard InChI is InChI=1S/C52H36N6O.Pt/c1-52(2,3)33-27-28-53-50(29-33)57-45-26-23-35(55-43-18-7-4-15-38(43)39-16-5-8-19-44(39)55)31-41(45)40-25-24-37(32-49(40)57)59-36-14-12-13-34(30-36)56-47-21-10-11-22-48(47)58-46-20-9-6-17-42(46)54-51(56)58;/h4-29,31H,1-3H3;/q-2;+2. The molecule has 0 atom stereocenters. The van der Waals surface area contributed by atoms with Gasteiger partial charge in [0.05, 0.1) is 33.1 Å². The van der Waals surface area contributed by atoms with E-state index in [2.05, 4.69) is 178 Å². The molecule has 8 heteroatoms. The van der Waals surface area contributed by atoms with Crippen molar-refractivity contribution in [2.45, 2.75) is 26.2 Å². The number of aromatic nitrogens is 6. The monoisotopic (exact) mass is 955 g/mol. The number of rotatable bonds is 5. The van der Waals surface area contributed by atoms with Gasteiger partial charge in [-0.3, -0.25) is 4.40 Å². The maximum absolute atomic E-state index is 6.66. The van der Waals surface area contributed by atoms with Gasteiger partial charge in [0.1, 0.15) is 5.82 Å². The van der Waals surface area contributed by atoms with Gasteiger partial charge in [-0.2, -0.15) is 12.1 Å². The summed E-state index contributed by atoms with van der Waals surface area (Å²) in [5.74, 6) is 2.82. The summed E-state index contributed by atoms with van der Waals surface area (Å²) < 4.78 is 15.6. The Bertz CT molecular complexity index is 3600. The number of hydrogen-bond acceptors (Lipinski definition) is 3. The van der Waals surface area contributed by atoms with Crippen LogP contribution < -0.4 is 4.74 Å². The van der Waals surface area contributed by atoms with Crippen molar-refractivity contribution in [3.8, 4) is 28.7 Å². The normalized spacial score (nSPS) is 12.1. The van der Waals surface area contributed by atoms with E-state index in [1.54, 1.807) is 0 Å². The summed E-state index contributed by atoms with van der Waals surface area (Å²) >= 11 is 0. The average molecular weight is 956 g/mol. The van der Waals surface area contributed by atoms with E-state index in [4.69, 9.17) is 14.7 Å². The van der Waals surface area contributed by atoms with Crippen molar-refractivity contribution >= 4 is 71.5 Å². The van der Waals surface area contributed by atoms with Gasteiger partial charge in [-0.05, 0) is 83.1 Å². The molecule has 0 bridgehead atoms. The maximum atomic E-state index is 6.66. The first-order valence-corrected chi connectivity index (χ1v) is 19.9. The minimum absolute atomic E-state index is 0. The summed E-state index contributed by atoms with van der Waals surface area (Å²) in [6.45, 7) is 6.69. The van der Waals surface area contributed by atoms with Crippen LogP contribution in [0.15, 0.2) is 164 Å². The summed E-state index contributed by atoms with van der Waals surface area (Å²) in [5.41, 5.74) is 11.5. The number of ether oxygens (including phenoxy) is 1. The first-order chi connectivity index (χ1) is 28.9. The van der Waals surface area contributed by atoms with E-state index in [9.17, 15) is 0 Å². The first kappa shape index (κ1) is 36.2. The number of hydrogen-bond donors (Lipinski definition) is 0. The average Bonchev–Trinajstić information content (AvgIpc) is 3.99. The molecule has 0 aliphatic rings. The van der Waals surface area contributed by atoms with Crippen LogP contribution in [-0.4, -0.2) is 28.1 Å². The minimum atomic E-state index is -0.0568. The molecular formula is C52H36N6OPt. The number of imidazole rings is 2. The third-order valence-corrected chi connectivity index (χ3v) is 11.6. The molecule has 0 spiro atoms. The SMILES string of the molecule is CC(C)(C)c1ccnc(-n2c3[c-]c(Oc4[c-]c(-n5c6ccccc6n6c7ccccc7nc56)ccc4)ccc3c3cc(-n4c5ccccc5c5ccccc54)ccc32)c1.[Pt+2]. The molecule has 12 rings (SSSR count). The number of benzene rings is 7. The van der Waals surface area contributed by atoms with E-state index in [0.29, 0.717) is 11.5 Å². The van der Waals surface area contributed by atoms with Crippen LogP contribution in [0.25, 0.3) is 88.6 Å². The van der Waals surface area contributed by atoms with Gasteiger partial charge in [-0.15, -0.1) is 35.7 Å². The fraction of sp³-hybridized carbons (Fsp3) is 0.0769. The molecule has 0 N–H and O–H groups in total. The second-order valence-electron chi connectivity index (χ2n) is 16.2. The zero-order chi connectivity index (χ0) is 39.4. The molecule has 0 fully saturated rings. The van der Waals surface area contributed by atoms with Crippen molar-refractivity contribution in [3.05, 3.63) is 182 Å². The van der Waals surface area contributed by atoms with Crippen LogP contribution in [0, 0.1) is 12.1 Å². The van der Waals surface area contributed by atoms with E-state index in [0.717, 1.165) is 66.8 Å². The first-order valence-electron chi connectivity index (χ1n) is 19.9. The molecule has 0 amide bonds. The van der Waals surface area contributed by atoms with Crippen LogP contribution in [0.4, 0.5) is 0 Å². The van der Waals surface area contributed by atoms with Gasteiger partial charge in [-0.1, -0.05) is 92.6 Å². The summed E-state index contributed by atoms with van der Waals surface area (Å²) in [7, 11) is 0. The van der Waals surface area contributed by atoms with Gasteiger partial charge in [0.25, 0.3) is 0 Å². The smallest absolute Gasteiger partial charge is 0.509 e. The second kappa shape index (κ2) is 13.6. The van der Waals surface area contributed by atoms with E-state index < -0.39 is 0 Å². The Morgan fingerprint density at radius 1 is 0.517 bits per heavy atom. The summed E-state index contributed by atoms with van der Waals surface area (Å²) in [4.78, 5) is 10.0. The molecule has 0 radical (unpaired) electrons. The van der Waals surface area contributed by atoms with Crippen LogP contribution in [-0.2, 0) is 26.5 Å². The zero-order valence-electron chi connectivity index (χ0n) is 33.0. The molecule has 12 aromatic rings. The molecule has 290 valence electrons. The van der Waals surface area contributed by atoms with Gasteiger partial charge in [0.2, 0.25) is 5.78 Å². The van der Waals surface area contributed by atoms with E-state index in [1.165, 1.54) is 27.4 Å². The van der Waals surface area contributed by atoms with Crippen molar-refractivity contribution in [2.24, 2.45) is 0 Å². The largest absolute Gasteiger partial charge is 2.00 e. The van der Waals surface area contributed by atoms with Crippen molar-refractivity contribution in [2.75, 3.05) is 0 Å². The molecule has 7 nitrogen and oxygen atoms in total. The molecule has 0 aliphatic heterocycles. The molecule has 60 heavy (non-hydrogen) atoms. The minimum Gasteiger partial charge on any atom is -0.509 e. The number of pyridine rings is 1. The molecular weight excluding hydrogens is 920 g/mol. The summed E-state index contributed by atoms with van der Waals surface area (Å²) in [6, 6.07) is 62.3. The van der Waals surface area contributed by atoms with Crippen LogP contribution in [0.3, 0.4) is 0 Å². The molecule has 0 aliphatic carbocycles. The van der Waals surface area contributed by atoms with Gasteiger partial charge < -0.3 is 18.4 Å². The van der Waals surface area contributed by atoms with Gasteiger partial charge >= 0.3 is 21.1 Å². The zero-order valence-corrected chi connectivity index (χ0v) is 35.3. The Balaban J connectivity index is 0.00000408. The quantitative estimate of drug-likeness (QED) is 0.162. The Morgan fingerprint density at radius 2 is 1.18 bits per heavy atom. The Labute approximate surface area is 360 Å². The molecule has 7 aromatic carbocycles. The Hall–Kier alpha value is -6.95. The summed E-state index contributed by atoms with van der Waals surface area (Å²) in [6.07, 6.45) is 1.91. The van der Waals surface area contributed by atoms with E-state index >= 15 is 0 Å². The van der Waals surface area contributed by atoms with Gasteiger partial charge in [0.15, 0.2) is 0 Å². The second-order valence-corrected chi connectivity index (χ2v) is 16.2. The van der Waals surface area contributed by atoms with Crippen molar-refractivity contribution in [1.29, 1.82) is 0 Å². The van der Waals surface area contributed by atoms with Crippen molar-refractivity contribution < 1.29 is 25.8 Å². The van der Waals surface area contributed by atoms with Crippen LogP contribution in [0.5, 0.6) is 11.5 Å². The predicted octanol–water partition coefficient (Wildman–Crippen LogP) is 12.7. The molecule has 0 saturated heterocycles. The van der Waals surface area contributed by atoms with E-state index in [1.807, 2.05) is 36.5 Å². The van der Waals surface area contributed by atoms with Crippen LogP contribution in [0.1, 0.15) is 26.3 Å². The molecule has 5 heterocycles. The third kappa shape index (κ3) is 5.46. The van der Waals surface area contributed by atoms with Crippen LogP contribution >= 0.6 is 0 Å². The third-order valence-electron chi connectivity index (χ3n) is 11.6. The fourth-order valence-corrected chi connectivity index (χ4v) is 8.89. The Kier molecular flexibility index (Phi) is 8.16. The van der Waals surface area contributed by atoms with Gasteiger partial charge in [0, 0.05) is 39.7 Å². The summed E-state index contributed by atoms with van der Waals surface area (Å²) in [5, 5.41) is 4.63. The van der Waals surface area contributed by atoms with Crippen LogP contribution in [0.2, 0.25) is 0 Å². The van der Waals surface area contributed by atoms with Crippen molar-refractivity contribution in [1.82, 2.24) is 28.1 Å². The van der Waals surface area contributed by atoms with Gasteiger partial charge in [-0.25, -0.2) is 9.97 Å². The number of para-hydroxylation sites is 6. The fourth-order valence-electron chi connectivity index (χ4n) is 8.89. The molecule has 5 aromatic heterocycles. The Morgan fingerprint density at radius 3 is 1.95 bits per heavy atom.